The zero-order valence-electron chi connectivity index (χ0n) is 10.8. The fourth-order valence-electron chi connectivity index (χ4n) is 2.49. The number of rotatable bonds is 3. The molecular weight excluding hydrogens is 294 g/mol. The van der Waals surface area contributed by atoms with Crippen molar-refractivity contribution in [3.05, 3.63) is 28.2 Å². The van der Waals surface area contributed by atoms with E-state index in [2.05, 4.69) is 27.8 Å². The number of carbonyl (C=O) groups excluding carboxylic acids is 1. The molecule has 0 N–H and O–H groups in total. The highest BCUT2D eigenvalue weighted by Gasteiger charge is 2.31. The molecule has 1 aliphatic heterocycles. The Morgan fingerprint density at radius 3 is 2.94 bits per heavy atom. The van der Waals surface area contributed by atoms with Crippen LogP contribution < -0.4 is 4.90 Å². The third-order valence-corrected chi connectivity index (χ3v) is 4.10. The highest BCUT2D eigenvalue weighted by atomic mass is 79.9. The van der Waals surface area contributed by atoms with Gasteiger partial charge in [-0.25, -0.2) is 0 Å². The zero-order chi connectivity index (χ0) is 13.2. The first-order chi connectivity index (χ1) is 8.58. The van der Waals surface area contributed by atoms with Crippen LogP contribution in [-0.2, 0) is 4.74 Å². The minimum Gasteiger partial charge on any atom is -0.377 e. The van der Waals surface area contributed by atoms with Gasteiger partial charge in [-0.3, -0.25) is 4.79 Å². The molecule has 0 saturated carbocycles. The molecule has 1 atom stereocenters. The van der Waals surface area contributed by atoms with Crippen LogP contribution >= 0.6 is 15.9 Å². The van der Waals surface area contributed by atoms with Gasteiger partial charge in [0.05, 0.1) is 5.60 Å². The lowest BCUT2D eigenvalue weighted by Crippen LogP contribution is -2.47. The lowest BCUT2D eigenvalue weighted by Gasteiger charge is -2.41. The van der Waals surface area contributed by atoms with E-state index in [-0.39, 0.29) is 5.60 Å². The molecule has 1 aromatic rings. The third-order valence-electron chi connectivity index (χ3n) is 3.61. The highest BCUT2D eigenvalue weighted by Crippen LogP contribution is 2.30. The van der Waals surface area contributed by atoms with Crippen LogP contribution in [0.3, 0.4) is 0 Å². The van der Waals surface area contributed by atoms with Crippen LogP contribution in [0.5, 0.6) is 0 Å². The maximum absolute atomic E-state index is 11.2. The monoisotopic (exact) mass is 311 g/mol. The molecule has 1 unspecified atom stereocenters. The normalized spacial score (nSPS) is 24.1. The number of halogens is 1. The molecule has 0 amide bonds. The van der Waals surface area contributed by atoms with Crippen molar-refractivity contribution in [3.63, 3.8) is 0 Å². The van der Waals surface area contributed by atoms with E-state index in [9.17, 15) is 4.79 Å². The molecule has 0 aromatic heterocycles. The molecule has 0 spiro atoms. The number of aldehydes is 1. The molecule has 1 saturated heterocycles. The summed E-state index contributed by atoms with van der Waals surface area (Å²) in [5, 5.41) is 0. The number of methoxy groups -OCH3 is 1. The molecule has 0 bridgehead atoms. The molecule has 0 aliphatic carbocycles. The van der Waals surface area contributed by atoms with Crippen molar-refractivity contribution in [2.45, 2.75) is 25.4 Å². The van der Waals surface area contributed by atoms with Gasteiger partial charge in [0.25, 0.3) is 0 Å². The fourth-order valence-corrected chi connectivity index (χ4v) is 2.86. The van der Waals surface area contributed by atoms with Crippen molar-refractivity contribution >= 4 is 27.9 Å². The lowest BCUT2D eigenvalue weighted by molar-refractivity contribution is -0.00468. The Morgan fingerprint density at radius 1 is 1.50 bits per heavy atom. The van der Waals surface area contributed by atoms with Crippen LogP contribution in [0.1, 0.15) is 30.1 Å². The van der Waals surface area contributed by atoms with E-state index >= 15 is 0 Å². The summed E-state index contributed by atoms with van der Waals surface area (Å²) in [6.07, 6.45) is 3.06. The molecular formula is C14H18BrNO2. The Hall–Kier alpha value is -0.870. The van der Waals surface area contributed by atoms with Crippen molar-refractivity contribution < 1.29 is 9.53 Å². The summed E-state index contributed by atoms with van der Waals surface area (Å²) in [5.74, 6) is 0. The maximum Gasteiger partial charge on any atom is 0.152 e. The number of nitrogens with zero attached hydrogens (tertiary/aromatic N) is 1. The second-order valence-electron chi connectivity index (χ2n) is 5.00. The Morgan fingerprint density at radius 2 is 2.28 bits per heavy atom. The predicted octanol–water partition coefficient (Wildman–Crippen LogP) is 3.27. The first-order valence-electron chi connectivity index (χ1n) is 6.13. The summed E-state index contributed by atoms with van der Waals surface area (Å²) in [6, 6.07) is 5.83. The van der Waals surface area contributed by atoms with Gasteiger partial charge in [-0.15, -0.1) is 0 Å². The molecule has 98 valence electrons. The van der Waals surface area contributed by atoms with Gasteiger partial charge in [-0.05, 0) is 38.0 Å². The van der Waals surface area contributed by atoms with Crippen molar-refractivity contribution in [2.75, 3.05) is 25.1 Å². The topological polar surface area (TPSA) is 29.5 Å². The SMILES string of the molecule is COC1(C)CCCN(c2ccc(Br)cc2C=O)C1. The number of piperidine rings is 1. The van der Waals surface area contributed by atoms with Gasteiger partial charge in [0.2, 0.25) is 0 Å². The van der Waals surface area contributed by atoms with Crippen LogP contribution in [0.2, 0.25) is 0 Å². The van der Waals surface area contributed by atoms with Crippen LogP contribution in [0.4, 0.5) is 5.69 Å². The highest BCUT2D eigenvalue weighted by molar-refractivity contribution is 9.10. The van der Waals surface area contributed by atoms with Crippen molar-refractivity contribution in [2.24, 2.45) is 0 Å². The van der Waals surface area contributed by atoms with Gasteiger partial charge >= 0.3 is 0 Å². The molecule has 1 aliphatic rings. The molecule has 1 aromatic carbocycles. The van der Waals surface area contributed by atoms with Crippen LogP contribution in [0.15, 0.2) is 22.7 Å². The summed E-state index contributed by atoms with van der Waals surface area (Å²) in [7, 11) is 1.76. The van der Waals surface area contributed by atoms with Gasteiger partial charge in [-0.1, -0.05) is 15.9 Å². The zero-order valence-corrected chi connectivity index (χ0v) is 12.4. The number of hydrogen-bond acceptors (Lipinski definition) is 3. The second-order valence-corrected chi connectivity index (χ2v) is 5.92. The first kappa shape index (κ1) is 13.6. The van der Waals surface area contributed by atoms with E-state index < -0.39 is 0 Å². The number of hydrogen-bond donors (Lipinski definition) is 0. The van der Waals surface area contributed by atoms with Gasteiger partial charge in [0.1, 0.15) is 0 Å². The standard InChI is InChI=1S/C14H18BrNO2/c1-14(18-2)6-3-7-16(10-14)13-5-4-12(15)8-11(13)9-17/h4-5,8-9H,3,6-7,10H2,1-2H3. The average Bonchev–Trinajstić information content (AvgIpc) is 2.38. The summed E-state index contributed by atoms with van der Waals surface area (Å²) in [4.78, 5) is 13.4. The molecule has 18 heavy (non-hydrogen) atoms. The van der Waals surface area contributed by atoms with E-state index in [1.54, 1.807) is 7.11 Å². The largest absolute Gasteiger partial charge is 0.377 e. The van der Waals surface area contributed by atoms with E-state index in [1.165, 1.54) is 0 Å². The van der Waals surface area contributed by atoms with Crippen molar-refractivity contribution in [1.29, 1.82) is 0 Å². The molecule has 3 nitrogen and oxygen atoms in total. The minimum absolute atomic E-state index is 0.120. The minimum atomic E-state index is -0.120. The van der Waals surface area contributed by atoms with Crippen LogP contribution in [0.25, 0.3) is 0 Å². The smallest absolute Gasteiger partial charge is 0.152 e. The molecule has 1 fully saturated rings. The van der Waals surface area contributed by atoms with Crippen molar-refractivity contribution in [1.82, 2.24) is 0 Å². The summed E-state index contributed by atoms with van der Waals surface area (Å²) < 4.78 is 6.52. The third kappa shape index (κ3) is 2.75. The van der Waals surface area contributed by atoms with E-state index in [4.69, 9.17) is 4.74 Å². The quantitative estimate of drug-likeness (QED) is 0.802. The van der Waals surface area contributed by atoms with Gasteiger partial charge < -0.3 is 9.64 Å². The maximum atomic E-state index is 11.2. The second kappa shape index (κ2) is 5.41. The van der Waals surface area contributed by atoms with Gasteiger partial charge in [0, 0.05) is 35.9 Å². The number of benzene rings is 1. The Kier molecular flexibility index (Phi) is 4.07. The Balaban J connectivity index is 2.28. The molecule has 1 heterocycles. The summed E-state index contributed by atoms with van der Waals surface area (Å²) >= 11 is 3.40. The van der Waals surface area contributed by atoms with Crippen LogP contribution in [0, 0.1) is 0 Å². The average molecular weight is 312 g/mol. The van der Waals surface area contributed by atoms with Gasteiger partial charge in [-0.2, -0.15) is 0 Å². The Labute approximate surface area is 116 Å². The molecule has 2 rings (SSSR count). The number of ether oxygens (including phenoxy) is 1. The van der Waals surface area contributed by atoms with E-state index in [0.29, 0.717) is 0 Å². The Bertz CT molecular complexity index is 449. The fraction of sp³-hybridized carbons (Fsp3) is 0.500. The van der Waals surface area contributed by atoms with Crippen LogP contribution in [-0.4, -0.2) is 32.1 Å². The summed E-state index contributed by atoms with van der Waals surface area (Å²) in [6.45, 7) is 3.92. The van der Waals surface area contributed by atoms with Gasteiger partial charge in [0.15, 0.2) is 6.29 Å². The number of carbonyl (C=O) groups is 1. The first-order valence-corrected chi connectivity index (χ1v) is 6.92. The van der Waals surface area contributed by atoms with Crippen molar-refractivity contribution in [3.8, 4) is 0 Å². The number of anilines is 1. The lowest BCUT2D eigenvalue weighted by atomic mass is 9.94. The molecule has 0 radical (unpaired) electrons. The molecule has 4 heteroatoms. The summed E-state index contributed by atoms with van der Waals surface area (Å²) in [5.41, 5.74) is 1.60. The van der Waals surface area contributed by atoms with E-state index in [0.717, 1.165) is 47.9 Å². The van der Waals surface area contributed by atoms with E-state index in [1.807, 2.05) is 18.2 Å². The predicted molar refractivity (Wildman–Crippen MR) is 76.4 cm³/mol.